The highest BCUT2D eigenvalue weighted by molar-refractivity contribution is 7.84. The average molecular weight is 281 g/mol. The molecule has 0 bridgehead atoms. The zero-order valence-corrected chi connectivity index (χ0v) is 11.7. The maximum absolute atomic E-state index is 13.2. The normalized spacial score (nSPS) is 12.6. The lowest BCUT2D eigenvalue weighted by Gasteiger charge is -2.07. The van der Waals surface area contributed by atoms with Crippen LogP contribution < -0.4 is 5.73 Å². The number of aromatic nitrogens is 2. The molecule has 1 atom stereocenters. The summed E-state index contributed by atoms with van der Waals surface area (Å²) in [5.74, 6) is -0.153. The van der Waals surface area contributed by atoms with Crippen molar-refractivity contribution in [2.75, 3.05) is 5.73 Å². The van der Waals surface area contributed by atoms with Crippen LogP contribution in [0.15, 0.2) is 29.2 Å². The highest BCUT2D eigenvalue weighted by atomic mass is 32.2. The lowest BCUT2D eigenvalue weighted by Crippen LogP contribution is -2.07. The third-order valence-electron chi connectivity index (χ3n) is 2.78. The molecule has 1 aromatic carbocycles. The van der Waals surface area contributed by atoms with E-state index in [9.17, 15) is 8.60 Å². The fourth-order valence-corrected chi connectivity index (χ4v) is 3.14. The molecule has 0 saturated carbocycles. The number of nitrogens with two attached hydrogens (primary N) is 1. The Hall–Kier alpha value is -1.69. The van der Waals surface area contributed by atoms with Crippen LogP contribution in [0.5, 0.6) is 0 Å². The highest BCUT2D eigenvalue weighted by Gasteiger charge is 2.13. The van der Waals surface area contributed by atoms with Crippen molar-refractivity contribution < 1.29 is 8.60 Å². The maximum Gasteiger partial charge on any atom is 0.124 e. The molecule has 0 aliphatic carbocycles. The van der Waals surface area contributed by atoms with Gasteiger partial charge in [0.1, 0.15) is 5.82 Å². The van der Waals surface area contributed by atoms with E-state index in [1.54, 1.807) is 4.68 Å². The number of halogens is 1. The van der Waals surface area contributed by atoms with Gasteiger partial charge in [0.15, 0.2) is 0 Å². The van der Waals surface area contributed by atoms with Gasteiger partial charge in [-0.1, -0.05) is 0 Å². The summed E-state index contributed by atoms with van der Waals surface area (Å²) in [6.45, 7) is 4.56. The first-order valence-electron chi connectivity index (χ1n) is 5.98. The summed E-state index contributed by atoms with van der Waals surface area (Å²) in [7, 11) is -1.38. The van der Waals surface area contributed by atoms with Gasteiger partial charge in [0, 0.05) is 12.2 Å². The number of hydrogen-bond acceptors (Lipinski definition) is 3. The van der Waals surface area contributed by atoms with Crippen molar-refractivity contribution in [2.45, 2.75) is 31.0 Å². The van der Waals surface area contributed by atoms with E-state index >= 15 is 0 Å². The van der Waals surface area contributed by atoms with Gasteiger partial charge in [-0.15, -0.1) is 0 Å². The van der Waals surface area contributed by atoms with Crippen molar-refractivity contribution in [3.8, 4) is 0 Å². The van der Waals surface area contributed by atoms with Gasteiger partial charge in [0.2, 0.25) is 0 Å². The van der Waals surface area contributed by atoms with E-state index in [4.69, 9.17) is 5.73 Å². The third-order valence-corrected chi connectivity index (χ3v) is 4.19. The largest absolute Gasteiger partial charge is 0.398 e. The minimum absolute atomic E-state index is 0.280. The Morgan fingerprint density at radius 2 is 2.16 bits per heavy atom. The van der Waals surface area contributed by atoms with Crippen LogP contribution in [0, 0.1) is 12.7 Å². The molecule has 0 radical (unpaired) electrons. The Balaban J connectivity index is 2.27. The number of nitrogen functional groups attached to an aromatic ring is 1. The van der Waals surface area contributed by atoms with E-state index in [0.717, 1.165) is 11.4 Å². The summed E-state index contributed by atoms with van der Waals surface area (Å²) in [6, 6.07) is 5.81. The predicted molar refractivity (Wildman–Crippen MR) is 73.6 cm³/mol. The Morgan fingerprint density at radius 1 is 1.42 bits per heavy atom. The summed E-state index contributed by atoms with van der Waals surface area (Å²) in [4.78, 5) is 0.335. The molecule has 2 rings (SSSR count). The van der Waals surface area contributed by atoms with Crippen LogP contribution in [0.25, 0.3) is 0 Å². The van der Waals surface area contributed by atoms with Crippen LogP contribution in [0.3, 0.4) is 0 Å². The monoisotopic (exact) mass is 281 g/mol. The van der Waals surface area contributed by atoms with Crippen molar-refractivity contribution in [3.63, 3.8) is 0 Å². The first kappa shape index (κ1) is 13.7. The smallest absolute Gasteiger partial charge is 0.124 e. The van der Waals surface area contributed by atoms with Crippen molar-refractivity contribution in [3.05, 3.63) is 41.5 Å². The standard InChI is InChI=1S/C13H16FN3OS/c1-3-17-11(6-9(2)16-17)8-19(18)13-7-10(14)4-5-12(13)15/h4-7H,3,8,15H2,1-2H3. The molecule has 0 fully saturated rings. The molecule has 0 spiro atoms. The van der Waals surface area contributed by atoms with Crippen molar-refractivity contribution in [1.82, 2.24) is 9.78 Å². The summed E-state index contributed by atoms with van der Waals surface area (Å²) in [5.41, 5.74) is 7.82. The van der Waals surface area contributed by atoms with E-state index in [0.29, 0.717) is 17.1 Å². The molecule has 2 N–H and O–H groups in total. The third kappa shape index (κ3) is 3.01. The first-order valence-corrected chi connectivity index (χ1v) is 7.30. The quantitative estimate of drug-likeness (QED) is 0.874. The molecular formula is C13H16FN3OS. The van der Waals surface area contributed by atoms with E-state index in [1.165, 1.54) is 18.2 Å². The zero-order valence-electron chi connectivity index (χ0n) is 10.9. The highest BCUT2D eigenvalue weighted by Crippen LogP contribution is 2.20. The maximum atomic E-state index is 13.2. The Morgan fingerprint density at radius 3 is 2.84 bits per heavy atom. The molecule has 0 aliphatic heterocycles. The fourth-order valence-electron chi connectivity index (χ4n) is 1.91. The second-order valence-electron chi connectivity index (χ2n) is 4.26. The first-order chi connectivity index (χ1) is 9.01. The number of rotatable bonds is 4. The summed E-state index contributed by atoms with van der Waals surface area (Å²) < 4.78 is 27.3. The number of nitrogens with zero attached hydrogens (tertiary/aromatic N) is 2. The van der Waals surface area contributed by atoms with Crippen LogP contribution in [0.4, 0.5) is 10.1 Å². The number of benzene rings is 1. The fraction of sp³-hybridized carbons (Fsp3) is 0.308. The second-order valence-corrected chi connectivity index (χ2v) is 5.68. The van der Waals surface area contributed by atoms with Crippen LogP contribution >= 0.6 is 0 Å². The van der Waals surface area contributed by atoms with Crippen molar-refractivity contribution >= 4 is 16.5 Å². The molecule has 1 aromatic heterocycles. The van der Waals surface area contributed by atoms with E-state index in [-0.39, 0.29) is 5.75 Å². The molecule has 2 aromatic rings. The Labute approximate surface area is 113 Å². The second kappa shape index (κ2) is 5.52. The SMILES string of the molecule is CCn1nc(C)cc1CS(=O)c1cc(F)ccc1N. The van der Waals surface area contributed by atoms with E-state index < -0.39 is 16.6 Å². The lowest BCUT2D eigenvalue weighted by atomic mass is 10.3. The Kier molecular flexibility index (Phi) is 3.99. The van der Waals surface area contributed by atoms with Crippen LogP contribution in [0.1, 0.15) is 18.3 Å². The van der Waals surface area contributed by atoms with Crippen LogP contribution in [-0.4, -0.2) is 14.0 Å². The van der Waals surface area contributed by atoms with Gasteiger partial charge < -0.3 is 5.73 Å². The molecule has 1 heterocycles. The van der Waals surface area contributed by atoms with E-state index in [2.05, 4.69) is 5.10 Å². The lowest BCUT2D eigenvalue weighted by molar-refractivity contribution is 0.620. The van der Waals surface area contributed by atoms with Crippen LogP contribution in [-0.2, 0) is 23.1 Å². The Bertz CT molecular complexity index is 624. The predicted octanol–water partition coefficient (Wildman–Crippen LogP) is 2.24. The van der Waals surface area contributed by atoms with Crippen molar-refractivity contribution in [1.29, 1.82) is 0 Å². The molecule has 6 heteroatoms. The molecular weight excluding hydrogens is 265 g/mol. The number of anilines is 1. The summed E-state index contributed by atoms with van der Waals surface area (Å²) >= 11 is 0. The van der Waals surface area contributed by atoms with Gasteiger partial charge in [-0.2, -0.15) is 5.10 Å². The summed E-state index contributed by atoms with van der Waals surface area (Å²) in [5, 5.41) is 4.29. The van der Waals surface area contributed by atoms with Gasteiger partial charge in [-0.25, -0.2) is 4.39 Å². The minimum Gasteiger partial charge on any atom is -0.398 e. The molecule has 0 aliphatic rings. The van der Waals surface area contributed by atoms with Gasteiger partial charge >= 0.3 is 0 Å². The van der Waals surface area contributed by atoms with Gasteiger partial charge in [0.05, 0.1) is 32.8 Å². The van der Waals surface area contributed by atoms with Gasteiger partial charge in [-0.3, -0.25) is 8.89 Å². The minimum atomic E-state index is -1.38. The summed E-state index contributed by atoms with van der Waals surface area (Å²) in [6.07, 6.45) is 0. The molecule has 102 valence electrons. The van der Waals surface area contributed by atoms with Crippen molar-refractivity contribution in [2.24, 2.45) is 0 Å². The molecule has 19 heavy (non-hydrogen) atoms. The van der Waals surface area contributed by atoms with E-state index in [1.807, 2.05) is 19.9 Å². The molecule has 0 amide bonds. The molecule has 1 unspecified atom stereocenters. The number of hydrogen-bond donors (Lipinski definition) is 1. The average Bonchev–Trinajstić information content (AvgIpc) is 2.72. The zero-order chi connectivity index (χ0) is 14.0. The van der Waals surface area contributed by atoms with Gasteiger partial charge in [0.25, 0.3) is 0 Å². The molecule has 4 nitrogen and oxygen atoms in total. The number of aryl methyl sites for hydroxylation is 2. The molecule has 0 saturated heterocycles. The van der Waals surface area contributed by atoms with Crippen LogP contribution in [0.2, 0.25) is 0 Å². The topological polar surface area (TPSA) is 60.9 Å². The van der Waals surface area contributed by atoms with Gasteiger partial charge in [-0.05, 0) is 38.1 Å².